The van der Waals surface area contributed by atoms with Gasteiger partial charge < -0.3 is 9.47 Å². The van der Waals surface area contributed by atoms with Crippen molar-refractivity contribution >= 4 is 5.78 Å². The first kappa shape index (κ1) is 19.4. The zero-order chi connectivity index (χ0) is 18.9. The Morgan fingerprint density at radius 2 is 2.00 bits per heavy atom. The molecule has 144 valence electrons. The number of benzene rings is 1. The summed E-state index contributed by atoms with van der Waals surface area (Å²) in [6, 6.07) is 8.23. The molecule has 0 aliphatic heterocycles. The van der Waals surface area contributed by atoms with Crippen LogP contribution in [-0.2, 0) is 16.0 Å². The van der Waals surface area contributed by atoms with Crippen molar-refractivity contribution < 1.29 is 14.3 Å². The van der Waals surface area contributed by atoms with E-state index in [0.29, 0.717) is 18.1 Å². The van der Waals surface area contributed by atoms with E-state index in [1.54, 1.807) is 7.11 Å². The number of Topliss-reactive ketones (excluding diaryl/α,β-unsaturated/α-hetero) is 1. The molecule has 2 aliphatic rings. The molecule has 0 amide bonds. The number of aryl methyl sites for hydroxylation is 1. The SMILES string of the molecule is COc1cccc(CCC2C(=O)CCC3(C)C2CC[C@H]3OC(C)(C)C)c1. The predicted molar refractivity (Wildman–Crippen MR) is 105 cm³/mol. The highest BCUT2D eigenvalue weighted by molar-refractivity contribution is 5.82. The number of hydrogen-bond acceptors (Lipinski definition) is 3. The van der Waals surface area contributed by atoms with Gasteiger partial charge in [0.25, 0.3) is 0 Å². The van der Waals surface area contributed by atoms with Crippen molar-refractivity contribution in [3.8, 4) is 5.75 Å². The zero-order valence-corrected chi connectivity index (χ0v) is 17.0. The smallest absolute Gasteiger partial charge is 0.136 e. The van der Waals surface area contributed by atoms with Crippen LogP contribution < -0.4 is 4.74 Å². The van der Waals surface area contributed by atoms with E-state index in [2.05, 4.69) is 39.8 Å². The van der Waals surface area contributed by atoms with Crippen molar-refractivity contribution in [1.82, 2.24) is 0 Å². The fourth-order valence-electron chi connectivity index (χ4n) is 5.17. The van der Waals surface area contributed by atoms with Crippen LogP contribution in [0.2, 0.25) is 0 Å². The Bertz CT molecular complexity index is 645. The fraction of sp³-hybridized carbons (Fsp3) is 0.696. The summed E-state index contributed by atoms with van der Waals surface area (Å²) < 4.78 is 11.8. The molecule has 0 bridgehead atoms. The summed E-state index contributed by atoms with van der Waals surface area (Å²) in [6.07, 6.45) is 6.04. The first-order valence-corrected chi connectivity index (χ1v) is 10.1. The third kappa shape index (κ3) is 3.98. The molecule has 0 saturated heterocycles. The molecule has 26 heavy (non-hydrogen) atoms. The molecule has 2 saturated carbocycles. The van der Waals surface area contributed by atoms with Crippen LogP contribution in [0.5, 0.6) is 5.75 Å². The maximum Gasteiger partial charge on any atom is 0.136 e. The molecule has 3 rings (SSSR count). The summed E-state index contributed by atoms with van der Waals surface area (Å²) in [5.41, 5.74) is 1.27. The molecular weight excluding hydrogens is 324 g/mol. The van der Waals surface area contributed by atoms with Crippen LogP contribution in [0.3, 0.4) is 0 Å². The van der Waals surface area contributed by atoms with Gasteiger partial charge in [0.15, 0.2) is 0 Å². The number of ketones is 1. The van der Waals surface area contributed by atoms with Gasteiger partial charge in [0, 0.05) is 12.3 Å². The lowest BCUT2D eigenvalue weighted by Crippen LogP contribution is -2.46. The number of methoxy groups -OCH3 is 1. The maximum absolute atomic E-state index is 12.7. The Morgan fingerprint density at radius 1 is 1.23 bits per heavy atom. The number of carbonyl (C=O) groups is 1. The second-order valence-electron chi connectivity index (χ2n) is 9.37. The van der Waals surface area contributed by atoms with Gasteiger partial charge in [0.1, 0.15) is 11.5 Å². The molecular formula is C23H34O3. The summed E-state index contributed by atoms with van der Waals surface area (Å²) in [5.74, 6) is 1.99. The molecule has 1 aromatic carbocycles. The second kappa shape index (κ2) is 7.34. The van der Waals surface area contributed by atoms with E-state index in [-0.39, 0.29) is 23.0 Å². The van der Waals surface area contributed by atoms with E-state index in [9.17, 15) is 4.79 Å². The minimum absolute atomic E-state index is 0.125. The third-order valence-corrected chi connectivity index (χ3v) is 6.51. The predicted octanol–water partition coefficient (Wildman–Crippen LogP) is 5.21. The topological polar surface area (TPSA) is 35.5 Å². The van der Waals surface area contributed by atoms with Crippen LogP contribution in [0.15, 0.2) is 24.3 Å². The normalized spacial score (nSPS) is 31.7. The molecule has 3 heteroatoms. The lowest BCUT2D eigenvalue weighted by atomic mass is 9.62. The summed E-state index contributed by atoms with van der Waals surface area (Å²) in [5, 5.41) is 0. The van der Waals surface area contributed by atoms with Crippen molar-refractivity contribution in [1.29, 1.82) is 0 Å². The molecule has 0 aromatic heterocycles. The van der Waals surface area contributed by atoms with E-state index in [1.807, 2.05) is 12.1 Å². The van der Waals surface area contributed by atoms with E-state index < -0.39 is 0 Å². The van der Waals surface area contributed by atoms with E-state index in [0.717, 1.165) is 37.9 Å². The second-order valence-corrected chi connectivity index (χ2v) is 9.37. The highest BCUT2D eigenvalue weighted by atomic mass is 16.5. The van der Waals surface area contributed by atoms with Crippen LogP contribution in [0, 0.1) is 17.3 Å². The monoisotopic (exact) mass is 358 g/mol. The number of rotatable bonds is 5. The Morgan fingerprint density at radius 3 is 2.69 bits per heavy atom. The highest BCUT2D eigenvalue weighted by Gasteiger charge is 2.54. The molecule has 4 atom stereocenters. The Balaban J connectivity index is 1.72. The minimum atomic E-state index is -0.125. The summed E-state index contributed by atoms with van der Waals surface area (Å²) in [6.45, 7) is 8.78. The number of ether oxygens (including phenoxy) is 2. The van der Waals surface area contributed by atoms with Crippen LogP contribution in [0.25, 0.3) is 0 Å². The van der Waals surface area contributed by atoms with Crippen molar-refractivity contribution in [2.24, 2.45) is 17.3 Å². The molecule has 2 aliphatic carbocycles. The van der Waals surface area contributed by atoms with Gasteiger partial charge in [-0.3, -0.25) is 4.79 Å². The molecule has 0 N–H and O–H groups in total. The summed E-state index contributed by atoms with van der Waals surface area (Å²) in [7, 11) is 1.70. The van der Waals surface area contributed by atoms with Gasteiger partial charge >= 0.3 is 0 Å². The Labute approximate surface area is 158 Å². The molecule has 1 aromatic rings. The molecule has 2 fully saturated rings. The summed E-state index contributed by atoms with van der Waals surface area (Å²) in [4.78, 5) is 12.7. The number of fused-ring (bicyclic) bond motifs is 1. The fourth-order valence-corrected chi connectivity index (χ4v) is 5.17. The van der Waals surface area contributed by atoms with E-state index in [4.69, 9.17) is 9.47 Å². The lowest BCUT2D eigenvalue weighted by molar-refractivity contribution is -0.143. The lowest BCUT2D eigenvalue weighted by Gasteiger charge is -2.45. The molecule has 3 unspecified atom stereocenters. The van der Waals surface area contributed by atoms with Crippen LogP contribution >= 0.6 is 0 Å². The minimum Gasteiger partial charge on any atom is -0.497 e. The van der Waals surface area contributed by atoms with E-state index in [1.165, 1.54) is 5.56 Å². The first-order valence-electron chi connectivity index (χ1n) is 10.1. The van der Waals surface area contributed by atoms with Gasteiger partial charge in [0.05, 0.1) is 18.8 Å². The van der Waals surface area contributed by atoms with Gasteiger partial charge in [-0.1, -0.05) is 19.1 Å². The largest absolute Gasteiger partial charge is 0.497 e. The maximum atomic E-state index is 12.7. The average molecular weight is 359 g/mol. The quantitative estimate of drug-likeness (QED) is 0.725. The van der Waals surface area contributed by atoms with Gasteiger partial charge in [-0.25, -0.2) is 0 Å². The van der Waals surface area contributed by atoms with Crippen molar-refractivity contribution in [3.05, 3.63) is 29.8 Å². The first-order chi connectivity index (χ1) is 12.2. The standard InChI is InChI=1S/C23H34O3/c1-22(2,3)26-21-12-11-19-18(20(24)13-14-23(19,21)4)10-9-16-7-6-8-17(15-16)25-5/h6-8,15,18-19,21H,9-14H2,1-5H3/t18?,19?,21-,23?/m1/s1. The Hall–Kier alpha value is -1.35. The zero-order valence-electron chi connectivity index (χ0n) is 17.0. The van der Waals surface area contributed by atoms with Gasteiger partial charge in [-0.2, -0.15) is 0 Å². The molecule has 3 nitrogen and oxygen atoms in total. The van der Waals surface area contributed by atoms with Crippen molar-refractivity contribution in [2.45, 2.75) is 77.9 Å². The van der Waals surface area contributed by atoms with E-state index >= 15 is 0 Å². The van der Waals surface area contributed by atoms with Gasteiger partial charge in [0.2, 0.25) is 0 Å². The Kier molecular flexibility index (Phi) is 5.48. The molecule has 0 heterocycles. The third-order valence-electron chi connectivity index (χ3n) is 6.51. The van der Waals surface area contributed by atoms with Crippen LogP contribution in [0.4, 0.5) is 0 Å². The number of carbonyl (C=O) groups excluding carboxylic acids is 1. The van der Waals surface area contributed by atoms with Crippen molar-refractivity contribution in [2.75, 3.05) is 7.11 Å². The van der Waals surface area contributed by atoms with Crippen molar-refractivity contribution in [3.63, 3.8) is 0 Å². The van der Waals surface area contributed by atoms with Gasteiger partial charge in [-0.05, 0) is 81.9 Å². The summed E-state index contributed by atoms with van der Waals surface area (Å²) >= 11 is 0. The average Bonchev–Trinajstić information content (AvgIpc) is 2.90. The highest BCUT2D eigenvalue weighted by Crippen LogP contribution is 2.56. The van der Waals surface area contributed by atoms with Crippen LogP contribution in [-0.4, -0.2) is 24.6 Å². The molecule has 0 spiro atoms. The molecule has 0 radical (unpaired) electrons. The number of hydrogen-bond donors (Lipinski definition) is 0. The van der Waals surface area contributed by atoms with Crippen LogP contribution in [0.1, 0.15) is 65.4 Å². The van der Waals surface area contributed by atoms with Gasteiger partial charge in [-0.15, -0.1) is 0 Å².